The second-order valence-electron chi connectivity index (χ2n) is 6.04. The van der Waals surface area contributed by atoms with Crippen molar-refractivity contribution in [2.75, 3.05) is 25.1 Å². The minimum Gasteiger partial charge on any atom is -0.497 e. The zero-order chi connectivity index (χ0) is 19.3. The summed E-state index contributed by atoms with van der Waals surface area (Å²) in [7, 11) is -2.09. The number of carbonyl (C=O) groups excluding carboxylic acids is 1. The Labute approximate surface area is 154 Å². The molecule has 6 nitrogen and oxygen atoms in total. The van der Waals surface area contributed by atoms with E-state index in [1.54, 1.807) is 50.4 Å². The van der Waals surface area contributed by atoms with Gasteiger partial charge < -0.3 is 9.64 Å². The molecule has 1 amide bonds. The number of nitrogens with one attached hydrogen (secondary N) is 1. The number of nitrogens with zero attached hydrogens (tertiary/aromatic N) is 1. The maximum atomic E-state index is 12.6. The van der Waals surface area contributed by atoms with Crippen LogP contribution in [0.3, 0.4) is 0 Å². The number of benzene rings is 2. The lowest BCUT2D eigenvalue weighted by Gasteiger charge is -2.22. The van der Waals surface area contributed by atoms with E-state index in [0.29, 0.717) is 17.0 Å². The second kappa shape index (κ2) is 8.33. The Morgan fingerprint density at radius 3 is 2.54 bits per heavy atom. The smallest absolute Gasteiger partial charge is 0.240 e. The summed E-state index contributed by atoms with van der Waals surface area (Å²) in [4.78, 5) is 13.7. The van der Waals surface area contributed by atoms with Crippen LogP contribution in [0.4, 0.5) is 5.69 Å². The first-order valence-corrected chi connectivity index (χ1v) is 9.72. The fourth-order valence-electron chi connectivity index (χ4n) is 2.61. The number of rotatable bonds is 7. The van der Waals surface area contributed by atoms with E-state index >= 15 is 0 Å². The Kier molecular flexibility index (Phi) is 6.39. The lowest BCUT2D eigenvalue weighted by molar-refractivity contribution is -0.116. The summed E-state index contributed by atoms with van der Waals surface area (Å²) in [5.74, 6) is 0.453. The molecule has 2 rings (SSSR count). The van der Waals surface area contributed by atoms with Gasteiger partial charge in [0.2, 0.25) is 15.9 Å². The summed E-state index contributed by atoms with van der Waals surface area (Å²) in [6.45, 7) is 5.36. The maximum absolute atomic E-state index is 12.6. The molecule has 0 fully saturated rings. The van der Waals surface area contributed by atoms with Crippen molar-refractivity contribution in [3.8, 4) is 5.75 Å². The van der Waals surface area contributed by atoms with Crippen molar-refractivity contribution in [3.05, 3.63) is 53.6 Å². The molecule has 0 saturated heterocycles. The number of sulfonamides is 1. The summed E-state index contributed by atoms with van der Waals surface area (Å²) in [5.41, 5.74) is 2.21. The SMILES string of the molecule is COc1cccc(N(CCNS(=O)(=O)c2cc(C)ccc2C)C(C)=O)c1. The zero-order valence-corrected chi connectivity index (χ0v) is 16.3. The minimum atomic E-state index is -3.64. The Morgan fingerprint density at radius 2 is 1.88 bits per heavy atom. The van der Waals surface area contributed by atoms with Gasteiger partial charge in [-0.2, -0.15) is 0 Å². The molecule has 0 aliphatic heterocycles. The highest BCUT2D eigenvalue weighted by Gasteiger charge is 2.18. The molecule has 2 aromatic rings. The van der Waals surface area contributed by atoms with Gasteiger partial charge in [0.1, 0.15) is 5.75 Å². The predicted molar refractivity (Wildman–Crippen MR) is 102 cm³/mol. The van der Waals surface area contributed by atoms with E-state index < -0.39 is 10.0 Å². The fraction of sp³-hybridized carbons (Fsp3) is 0.316. The molecule has 0 radical (unpaired) electrons. The second-order valence-corrected chi connectivity index (χ2v) is 7.77. The number of hydrogen-bond acceptors (Lipinski definition) is 4. The first-order valence-electron chi connectivity index (χ1n) is 8.23. The van der Waals surface area contributed by atoms with Gasteiger partial charge in [0.25, 0.3) is 0 Å². The van der Waals surface area contributed by atoms with Gasteiger partial charge >= 0.3 is 0 Å². The Bertz CT molecular complexity index is 894. The van der Waals surface area contributed by atoms with E-state index in [1.807, 2.05) is 13.0 Å². The Morgan fingerprint density at radius 1 is 1.15 bits per heavy atom. The first kappa shape index (κ1) is 19.9. The highest BCUT2D eigenvalue weighted by atomic mass is 32.2. The molecule has 140 valence electrons. The van der Waals surface area contributed by atoms with E-state index in [-0.39, 0.29) is 23.9 Å². The average Bonchev–Trinajstić information content (AvgIpc) is 2.60. The van der Waals surface area contributed by atoms with Gasteiger partial charge in [0.15, 0.2) is 0 Å². The zero-order valence-electron chi connectivity index (χ0n) is 15.4. The van der Waals surface area contributed by atoms with Crippen LogP contribution in [0.15, 0.2) is 47.4 Å². The molecule has 2 aromatic carbocycles. The van der Waals surface area contributed by atoms with Crippen molar-refractivity contribution < 1.29 is 17.9 Å². The molecule has 0 unspecified atom stereocenters. The quantitative estimate of drug-likeness (QED) is 0.806. The van der Waals surface area contributed by atoms with Crippen LogP contribution in [0.25, 0.3) is 0 Å². The fourth-order valence-corrected chi connectivity index (χ4v) is 3.96. The molecular weight excluding hydrogens is 352 g/mol. The van der Waals surface area contributed by atoms with Crippen LogP contribution >= 0.6 is 0 Å². The van der Waals surface area contributed by atoms with Crippen LogP contribution < -0.4 is 14.4 Å². The molecule has 0 aromatic heterocycles. The first-order chi connectivity index (χ1) is 12.2. The predicted octanol–water partition coefficient (Wildman–Crippen LogP) is 2.64. The molecule has 0 aliphatic rings. The van der Waals surface area contributed by atoms with E-state index in [0.717, 1.165) is 5.56 Å². The Balaban J connectivity index is 2.12. The lowest BCUT2D eigenvalue weighted by atomic mass is 10.2. The van der Waals surface area contributed by atoms with Crippen molar-refractivity contribution in [2.45, 2.75) is 25.7 Å². The molecule has 0 heterocycles. The molecule has 0 bridgehead atoms. The van der Waals surface area contributed by atoms with E-state index in [4.69, 9.17) is 4.74 Å². The minimum absolute atomic E-state index is 0.104. The number of anilines is 1. The lowest BCUT2D eigenvalue weighted by Crippen LogP contribution is -2.37. The third kappa shape index (κ3) is 4.83. The number of methoxy groups -OCH3 is 1. The van der Waals surface area contributed by atoms with E-state index in [1.165, 1.54) is 11.8 Å². The Hall–Kier alpha value is -2.38. The normalized spacial score (nSPS) is 11.2. The molecule has 0 saturated carbocycles. The molecule has 7 heteroatoms. The van der Waals surface area contributed by atoms with Crippen LogP contribution in [-0.4, -0.2) is 34.5 Å². The van der Waals surface area contributed by atoms with Crippen molar-refractivity contribution >= 4 is 21.6 Å². The monoisotopic (exact) mass is 376 g/mol. The third-order valence-corrected chi connectivity index (χ3v) is 5.61. The standard InChI is InChI=1S/C19H24N2O4S/c1-14-8-9-15(2)19(12-14)26(23,24)20-10-11-21(16(3)22)17-6-5-7-18(13-17)25-4/h5-9,12-13,20H,10-11H2,1-4H3. The summed E-state index contributed by atoms with van der Waals surface area (Å²) in [6.07, 6.45) is 0. The van der Waals surface area contributed by atoms with E-state index in [9.17, 15) is 13.2 Å². The summed E-state index contributed by atoms with van der Waals surface area (Å²) in [5, 5.41) is 0. The van der Waals surface area contributed by atoms with Gasteiger partial charge in [0.05, 0.1) is 12.0 Å². The number of hydrogen-bond donors (Lipinski definition) is 1. The third-order valence-electron chi connectivity index (χ3n) is 4.01. The number of carbonyl (C=O) groups is 1. The average molecular weight is 376 g/mol. The summed E-state index contributed by atoms with van der Waals surface area (Å²) < 4.78 is 32.9. The number of aryl methyl sites for hydroxylation is 2. The van der Waals surface area contributed by atoms with Crippen molar-refractivity contribution in [1.29, 1.82) is 0 Å². The molecule has 1 N–H and O–H groups in total. The molecule has 26 heavy (non-hydrogen) atoms. The number of amides is 1. The van der Waals surface area contributed by atoms with Crippen LogP contribution in [0.1, 0.15) is 18.1 Å². The van der Waals surface area contributed by atoms with Gasteiger partial charge in [-0.05, 0) is 43.2 Å². The maximum Gasteiger partial charge on any atom is 0.240 e. The summed E-state index contributed by atoms with van der Waals surface area (Å²) >= 11 is 0. The van der Waals surface area contributed by atoms with Gasteiger partial charge in [-0.1, -0.05) is 18.2 Å². The molecule has 0 atom stereocenters. The van der Waals surface area contributed by atoms with Gasteiger partial charge in [0, 0.05) is 31.8 Å². The highest BCUT2D eigenvalue weighted by molar-refractivity contribution is 7.89. The van der Waals surface area contributed by atoms with Crippen LogP contribution in [0, 0.1) is 13.8 Å². The molecule has 0 spiro atoms. The summed E-state index contributed by atoms with van der Waals surface area (Å²) in [6, 6.07) is 12.4. The van der Waals surface area contributed by atoms with Gasteiger partial charge in [-0.3, -0.25) is 4.79 Å². The highest BCUT2D eigenvalue weighted by Crippen LogP contribution is 2.21. The van der Waals surface area contributed by atoms with Crippen LogP contribution in [0.2, 0.25) is 0 Å². The molecular formula is C19H24N2O4S. The van der Waals surface area contributed by atoms with Crippen LogP contribution in [-0.2, 0) is 14.8 Å². The number of ether oxygens (including phenoxy) is 1. The topological polar surface area (TPSA) is 75.7 Å². The molecule has 0 aliphatic carbocycles. The van der Waals surface area contributed by atoms with Crippen molar-refractivity contribution in [2.24, 2.45) is 0 Å². The van der Waals surface area contributed by atoms with Crippen molar-refractivity contribution in [1.82, 2.24) is 4.72 Å². The largest absolute Gasteiger partial charge is 0.497 e. The van der Waals surface area contributed by atoms with E-state index in [2.05, 4.69) is 4.72 Å². The van der Waals surface area contributed by atoms with Gasteiger partial charge in [-0.25, -0.2) is 13.1 Å². The van der Waals surface area contributed by atoms with Crippen molar-refractivity contribution in [3.63, 3.8) is 0 Å². The van der Waals surface area contributed by atoms with Gasteiger partial charge in [-0.15, -0.1) is 0 Å². The van der Waals surface area contributed by atoms with Crippen LogP contribution in [0.5, 0.6) is 5.75 Å².